The van der Waals surface area contributed by atoms with Crippen molar-refractivity contribution in [3.8, 4) is 0 Å². The van der Waals surface area contributed by atoms with Crippen molar-refractivity contribution in [3.63, 3.8) is 0 Å². The molecule has 3 heteroatoms. The van der Waals surface area contributed by atoms with E-state index in [0.717, 1.165) is 12.8 Å². The van der Waals surface area contributed by atoms with Gasteiger partial charge in [0, 0.05) is 16.0 Å². The third-order valence-corrected chi connectivity index (χ3v) is 3.72. The van der Waals surface area contributed by atoms with E-state index in [0.29, 0.717) is 17.0 Å². The zero-order valence-corrected chi connectivity index (χ0v) is 9.39. The number of hydrogen-bond donors (Lipinski definition) is 1. The fraction of sp³-hybridized carbons (Fsp3) is 0.500. The molecule has 1 aliphatic rings. The van der Waals surface area contributed by atoms with E-state index in [1.165, 1.54) is 6.07 Å². The highest BCUT2D eigenvalue weighted by Gasteiger charge is 2.47. The maximum Gasteiger partial charge on any atom is 0.127 e. The number of halogens is 2. The van der Waals surface area contributed by atoms with Gasteiger partial charge in [0.25, 0.3) is 0 Å². The van der Waals surface area contributed by atoms with Crippen LogP contribution in [0, 0.1) is 11.2 Å². The highest BCUT2D eigenvalue weighted by molar-refractivity contribution is 6.31. The van der Waals surface area contributed by atoms with Gasteiger partial charge in [-0.3, -0.25) is 0 Å². The lowest BCUT2D eigenvalue weighted by atomic mass is 9.91. The molecule has 2 rings (SSSR count). The minimum absolute atomic E-state index is 0.133. The van der Waals surface area contributed by atoms with Gasteiger partial charge in [-0.1, -0.05) is 17.7 Å². The van der Waals surface area contributed by atoms with Crippen LogP contribution in [-0.4, -0.2) is 11.2 Å². The Morgan fingerprint density at radius 2 is 2.20 bits per heavy atom. The van der Waals surface area contributed by atoms with E-state index in [1.54, 1.807) is 19.1 Å². The number of rotatable bonds is 3. The second kappa shape index (κ2) is 3.76. The van der Waals surface area contributed by atoms with E-state index >= 15 is 0 Å². The first-order chi connectivity index (χ1) is 7.05. The third-order valence-electron chi connectivity index (χ3n) is 3.37. The molecule has 0 heterocycles. The molecule has 0 radical (unpaired) electrons. The molecule has 0 bridgehead atoms. The van der Waals surface area contributed by atoms with Crippen molar-refractivity contribution < 1.29 is 9.50 Å². The minimum Gasteiger partial charge on any atom is -0.393 e. The molecule has 1 nitrogen and oxygen atoms in total. The molecule has 1 fully saturated rings. The molecular formula is C12H14ClFO. The van der Waals surface area contributed by atoms with Gasteiger partial charge in [-0.2, -0.15) is 0 Å². The summed E-state index contributed by atoms with van der Waals surface area (Å²) in [6.45, 7) is 1.77. The average molecular weight is 229 g/mol. The van der Waals surface area contributed by atoms with Crippen molar-refractivity contribution in [3.05, 3.63) is 34.6 Å². The lowest BCUT2D eigenvalue weighted by Gasteiger charge is -2.19. The van der Waals surface area contributed by atoms with Gasteiger partial charge in [-0.05, 0) is 38.3 Å². The van der Waals surface area contributed by atoms with Crippen molar-refractivity contribution in [2.24, 2.45) is 5.41 Å². The zero-order valence-electron chi connectivity index (χ0n) is 8.63. The first-order valence-corrected chi connectivity index (χ1v) is 5.54. The first kappa shape index (κ1) is 10.9. The van der Waals surface area contributed by atoms with Crippen LogP contribution in [0.2, 0.25) is 5.02 Å². The first-order valence-electron chi connectivity index (χ1n) is 5.16. The number of aliphatic hydroxyl groups is 1. The summed E-state index contributed by atoms with van der Waals surface area (Å²) in [4.78, 5) is 0. The molecule has 1 unspecified atom stereocenters. The van der Waals surface area contributed by atoms with Crippen LogP contribution in [0.25, 0.3) is 0 Å². The van der Waals surface area contributed by atoms with Gasteiger partial charge in [-0.15, -0.1) is 0 Å². The largest absolute Gasteiger partial charge is 0.393 e. The summed E-state index contributed by atoms with van der Waals surface area (Å²) in [5.41, 5.74) is 0.406. The van der Waals surface area contributed by atoms with Gasteiger partial charge < -0.3 is 5.11 Å². The normalized spacial score (nSPS) is 20.0. The summed E-state index contributed by atoms with van der Waals surface area (Å²) in [6, 6.07) is 4.71. The fourth-order valence-corrected chi connectivity index (χ4v) is 2.19. The van der Waals surface area contributed by atoms with Gasteiger partial charge in [-0.25, -0.2) is 4.39 Å². The number of hydrogen-bond acceptors (Lipinski definition) is 1. The third kappa shape index (κ3) is 2.01. The van der Waals surface area contributed by atoms with E-state index in [2.05, 4.69) is 0 Å². The van der Waals surface area contributed by atoms with Crippen LogP contribution in [-0.2, 0) is 6.42 Å². The van der Waals surface area contributed by atoms with Crippen LogP contribution in [0.1, 0.15) is 25.3 Å². The summed E-state index contributed by atoms with van der Waals surface area (Å²) in [7, 11) is 0. The van der Waals surface area contributed by atoms with Crippen LogP contribution in [0.15, 0.2) is 18.2 Å². The van der Waals surface area contributed by atoms with E-state index < -0.39 is 6.10 Å². The number of benzene rings is 1. The molecule has 0 aliphatic heterocycles. The Bertz CT molecular complexity index is 352. The molecule has 0 aromatic heterocycles. The maximum absolute atomic E-state index is 13.5. The van der Waals surface area contributed by atoms with Gasteiger partial charge in [0.05, 0.1) is 6.10 Å². The van der Waals surface area contributed by atoms with Crippen LogP contribution in [0.3, 0.4) is 0 Å². The second-order valence-corrected chi connectivity index (χ2v) is 4.82. The van der Waals surface area contributed by atoms with E-state index in [4.69, 9.17) is 11.6 Å². The molecular weight excluding hydrogens is 215 g/mol. The predicted octanol–water partition coefficient (Wildman–Crippen LogP) is 3.18. The summed E-state index contributed by atoms with van der Waals surface area (Å²) in [5, 5.41) is 10.1. The molecule has 82 valence electrons. The highest BCUT2D eigenvalue weighted by atomic mass is 35.5. The summed E-state index contributed by atoms with van der Waals surface area (Å²) in [6.07, 6.45) is 2.05. The Balaban J connectivity index is 2.25. The summed E-state index contributed by atoms with van der Waals surface area (Å²) in [5.74, 6) is -0.269. The molecule has 0 saturated heterocycles. The predicted molar refractivity (Wildman–Crippen MR) is 58.5 cm³/mol. The van der Waals surface area contributed by atoms with Gasteiger partial charge in [0.1, 0.15) is 5.82 Å². The van der Waals surface area contributed by atoms with E-state index in [9.17, 15) is 9.50 Å². The Hall–Kier alpha value is -0.600. The second-order valence-electron chi connectivity index (χ2n) is 4.42. The molecule has 0 amide bonds. The monoisotopic (exact) mass is 228 g/mol. The number of aliphatic hydroxyl groups excluding tert-OH is 1. The lowest BCUT2D eigenvalue weighted by molar-refractivity contribution is 0.110. The van der Waals surface area contributed by atoms with Crippen molar-refractivity contribution in [1.82, 2.24) is 0 Å². The Kier molecular flexibility index (Phi) is 2.73. The van der Waals surface area contributed by atoms with Crippen molar-refractivity contribution in [1.29, 1.82) is 0 Å². The molecule has 15 heavy (non-hydrogen) atoms. The van der Waals surface area contributed by atoms with Crippen molar-refractivity contribution in [2.45, 2.75) is 32.3 Å². The van der Waals surface area contributed by atoms with E-state index in [-0.39, 0.29) is 11.2 Å². The van der Waals surface area contributed by atoms with Crippen LogP contribution < -0.4 is 0 Å². The van der Waals surface area contributed by atoms with Crippen LogP contribution in [0.5, 0.6) is 0 Å². The molecule has 1 aromatic carbocycles. The zero-order chi connectivity index (χ0) is 11.1. The molecule has 1 saturated carbocycles. The van der Waals surface area contributed by atoms with Crippen molar-refractivity contribution >= 4 is 11.6 Å². The molecule has 1 aliphatic carbocycles. The highest BCUT2D eigenvalue weighted by Crippen LogP contribution is 2.52. The van der Waals surface area contributed by atoms with Crippen LogP contribution in [0.4, 0.5) is 4.39 Å². The average Bonchev–Trinajstić information content (AvgIpc) is 2.93. The van der Waals surface area contributed by atoms with Gasteiger partial charge in [0.15, 0.2) is 0 Å². The summed E-state index contributed by atoms with van der Waals surface area (Å²) >= 11 is 5.95. The fourth-order valence-electron chi connectivity index (χ4n) is 1.96. The quantitative estimate of drug-likeness (QED) is 0.843. The maximum atomic E-state index is 13.5. The Morgan fingerprint density at radius 3 is 2.67 bits per heavy atom. The van der Waals surface area contributed by atoms with Crippen LogP contribution >= 0.6 is 11.6 Å². The Morgan fingerprint density at radius 1 is 1.53 bits per heavy atom. The Labute approximate surface area is 93.9 Å². The molecule has 1 atom stereocenters. The van der Waals surface area contributed by atoms with E-state index in [1.807, 2.05) is 0 Å². The molecule has 0 spiro atoms. The minimum atomic E-state index is -0.395. The van der Waals surface area contributed by atoms with Gasteiger partial charge in [0.2, 0.25) is 0 Å². The molecule has 1 N–H and O–H groups in total. The van der Waals surface area contributed by atoms with Gasteiger partial charge >= 0.3 is 0 Å². The lowest BCUT2D eigenvalue weighted by Crippen LogP contribution is -2.21. The van der Waals surface area contributed by atoms with Crippen molar-refractivity contribution in [2.75, 3.05) is 0 Å². The topological polar surface area (TPSA) is 20.2 Å². The smallest absolute Gasteiger partial charge is 0.127 e. The SMILES string of the molecule is CC(O)C1(Cc2c(F)cccc2Cl)CC1. The summed E-state index contributed by atoms with van der Waals surface area (Å²) < 4.78 is 13.5. The standard InChI is InChI=1S/C12H14ClFO/c1-8(15)12(5-6-12)7-9-10(13)3-2-4-11(9)14/h2-4,8,15H,5-7H2,1H3. The molecule has 1 aromatic rings.